The minimum absolute atomic E-state index is 0.229. The molecular weight excluding hydrogens is 416 g/mol. The number of aliphatic hydroxyl groups is 1. The second kappa shape index (κ2) is 9.65. The van der Waals surface area contributed by atoms with Crippen molar-refractivity contribution < 1.29 is 38.4 Å². The van der Waals surface area contributed by atoms with E-state index in [1.54, 1.807) is 36.4 Å². The lowest BCUT2D eigenvalue weighted by molar-refractivity contribution is -0.132. The molecule has 2 atom stereocenters. The fraction of sp³-hybridized carbons (Fsp3) is 0.292. The first-order chi connectivity index (χ1) is 15.3. The molecule has 0 amide bonds. The third-order valence-electron chi connectivity index (χ3n) is 5.24. The zero-order valence-corrected chi connectivity index (χ0v) is 18.2. The van der Waals surface area contributed by atoms with E-state index in [1.807, 2.05) is 0 Å². The summed E-state index contributed by atoms with van der Waals surface area (Å²) in [6, 6.07) is 8.38. The average molecular weight is 440 g/mol. The number of fused-ring (bicyclic) bond motifs is 1. The Bertz CT molecular complexity index is 1090. The first kappa shape index (κ1) is 23.0. The van der Waals surface area contributed by atoms with E-state index in [4.69, 9.17) is 18.9 Å². The van der Waals surface area contributed by atoms with Crippen molar-refractivity contribution in [2.24, 2.45) is 5.92 Å². The van der Waals surface area contributed by atoms with Gasteiger partial charge in [-0.15, -0.1) is 0 Å². The summed E-state index contributed by atoms with van der Waals surface area (Å²) < 4.78 is 21.2. The van der Waals surface area contributed by atoms with Crippen LogP contribution in [0.2, 0.25) is 0 Å². The number of carbonyl (C=O) groups is 3. The first-order valence-electron chi connectivity index (χ1n) is 9.87. The van der Waals surface area contributed by atoms with Crippen molar-refractivity contribution in [2.45, 2.75) is 19.8 Å². The highest BCUT2D eigenvalue weighted by Crippen LogP contribution is 2.47. The second-order valence-electron chi connectivity index (χ2n) is 7.26. The molecule has 0 aliphatic heterocycles. The highest BCUT2D eigenvalue weighted by molar-refractivity contribution is 5.86. The minimum atomic E-state index is -0.553. The zero-order valence-electron chi connectivity index (χ0n) is 18.2. The summed E-state index contributed by atoms with van der Waals surface area (Å²) in [4.78, 5) is 34.8. The van der Waals surface area contributed by atoms with E-state index >= 15 is 0 Å². The first-order valence-corrected chi connectivity index (χ1v) is 9.87. The molecule has 1 aliphatic carbocycles. The lowest BCUT2D eigenvalue weighted by Crippen LogP contribution is -2.25. The number of aliphatic hydroxyl groups excluding tert-OH is 1. The molecule has 0 unspecified atom stereocenters. The monoisotopic (exact) mass is 440 g/mol. The van der Waals surface area contributed by atoms with Crippen LogP contribution in [-0.4, -0.2) is 44.2 Å². The van der Waals surface area contributed by atoms with Gasteiger partial charge in [0.2, 0.25) is 0 Å². The number of benzene rings is 2. The molecule has 0 saturated heterocycles. The maximum absolute atomic E-state index is 11.8. The maximum Gasteiger partial charge on any atom is 0.308 e. The average Bonchev–Trinajstić information content (AvgIpc) is 2.76. The van der Waals surface area contributed by atoms with E-state index < -0.39 is 23.8 Å². The topological polar surface area (TPSA) is 108 Å². The Morgan fingerprint density at radius 2 is 1.56 bits per heavy atom. The Hall–Kier alpha value is -3.65. The Labute approximate surface area is 185 Å². The van der Waals surface area contributed by atoms with Crippen molar-refractivity contribution >= 4 is 24.3 Å². The van der Waals surface area contributed by atoms with Gasteiger partial charge < -0.3 is 24.1 Å². The molecule has 3 rings (SSSR count). The number of rotatable bonds is 7. The van der Waals surface area contributed by atoms with Crippen LogP contribution in [0.5, 0.6) is 23.0 Å². The molecule has 0 fully saturated rings. The summed E-state index contributed by atoms with van der Waals surface area (Å²) in [6.45, 7) is 2.28. The Kier molecular flexibility index (Phi) is 6.95. The molecule has 2 aromatic carbocycles. The van der Waals surface area contributed by atoms with E-state index in [0.29, 0.717) is 34.5 Å². The number of hydrogen-bond acceptors (Lipinski definition) is 8. The van der Waals surface area contributed by atoms with Gasteiger partial charge in [-0.2, -0.15) is 0 Å². The van der Waals surface area contributed by atoms with Crippen molar-refractivity contribution in [3.05, 3.63) is 52.6 Å². The van der Waals surface area contributed by atoms with Crippen molar-refractivity contribution in [3.63, 3.8) is 0 Å². The second-order valence-corrected chi connectivity index (χ2v) is 7.26. The normalized spacial score (nSPS) is 17.0. The van der Waals surface area contributed by atoms with Crippen LogP contribution in [0.15, 0.2) is 35.9 Å². The largest absolute Gasteiger partial charge is 0.493 e. The predicted molar refractivity (Wildman–Crippen MR) is 115 cm³/mol. The molecule has 0 radical (unpaired) electrons. The summed E-state index contributed by atoms with van der Waals surface area (Å²) in [5.74, 6) is -0.879. The lowest BCUT2D eigenvalue weighted by atomic mass is 9.72. The summed E-state index contributed by atoms with van der Waals surface area (Å²) >= 11 is 0. The molecule has 8 nitrogen and oxygen atoms in total. The molecule has 168 valence electrons. The molecule has 32 heavy (non-hydrogen) atoms. The third-order valence-corrected chi connectivity index (χ3v) is 5.24. The van der Waals surface area contributed by atoms with Gasteiger partial charge in [-0.05, 0) is 52.6 Å². The van der Waals surface area contributed by atoms with E-state index in [2.05, 4.69) is 0 Å². The molecule has 0 bridgehead atoms. The van der Waals surface area contributed by atoms with Crippen LogP contribution in [-0.2, 0) is 14.4 Å². The van der Waals surface area contributed by atoms with Gasteiger partial charge >= 0.3 is 11.9 Å². The summed E-state index contributed by atoms with van der Waals surface area (Å²) in [7, 11) is 2.90. The summed E-state index contributed by atoms with van der Waals surface area (Å²) in [5.41, 5.74) is 2.55. The zero-order chi connectivity index (χ0) is 23.4. The molecule has 2 aromatic rings. The van der Waals surface area contributed by atoms with Crippen LogP contribution in [0.4, 0.5) is 0 Å². The number of esters is 2. The smallest absolute Gasteiger partial charge is 0.308 e. The number of ether oxygens (including phenoxy) is 4. The Morgan fingerprint density at radius 3 is 2.12 bits per heavy atom. The van der Waals surface area contributed by atoms with Crippen molar-refractivity contribution in [3.8, 4) is 23.0 Å². The van der Waals surface area contributed by atoms with Crippen LogP contribution in [0.3, 0.4) is 0 Å². The van der Waals surface area contributed by atoms with Gasteiger partial charge in [0.15, 0.2) is 23.0 Å². The van der Waals surface area contributed by atoms with Crippen molar-refractivity contribution in [1.29, 1.82) is 0 Å². The highest BCUT2D eigenvalue weighted by atomic mass is 16.6. The fourth-order valence-corrected chi connectivity index (χ4v) is 3.94. The van der Waals surface area contributed by atoms with Crippen LogP contribution < -0.4 is 18.9 Å². The fourth-order valence-electron chi connectivity index (χ4n) is 3.94. The quantitative estimate of drug-likeness (QED) is 0.398. The van der Waals surface area contributed by atoms with Crippen LogP contribution >= 0.6 is 0 Å². The van der Waals surface area contributed by atoms with Crippen LogP contribution in [0.25, 0.3) is 6.08 Å². The van der Waals surface area contributed by atoms with Gasteiger partial charge in [0, 0.05) is 25.7 Å². The molecule has 0 heterocycles. The molecule has 0 aromatic heterocycles. The summed E-state index contributed by atoms with van der Waals surface area (Å²) in [5, 5.41) is 10.2. The SMILES string of the molecule is COc1cc([C@H]2c3cc(OC(C)=O)c(OC)cc3C=C(C=O)[C@@H]2CO)ccc1OC(C)=O. The number of aldehydes is 1. The molecule has 8 heteroatoms. The van der Waals surface area contributed by atoms with Gasteiger partial charge in [-0.3, -0.25) is 14.4 Å². The van der Waals surface area contributed by atoms with Gasteiger partial charge in [-0.25, -0.2) is 0 Å². The Balaban J connectivity index is 2.22. The highest BCUT2D eigenvalue weighted by Gasteiger charge is 2.34. The molecule has 1 aliphatic rings. The Morgan fingerprint density at radius 1 is 0.938 bits per heavy atom. The predicted octanol–water partition coefficient (Wildman–Crippen LogP) is 2.89. The van der Waals surface area contributed by atoms with E-state index in [1.165, 1.54) is 28.1 Å². The van der Waals surface area contributed by atoms with Crippen LogP contribution in [0, 0.1) is 5.92 Å². The van der Waals surface area contributed by atoms with Crippen molar-refractivity contribution in [2.75, 3.05) is 20.8 Å². The number of hydrogen-bond donors (Lipinski definition) is 1. The minimum Gasteiger partial charge on any atom is -0.493 e. The van der Waals surface area contributed by atoms with Crippen LogP contribution in [0.1, 0.15) is 36.5 Å². The molecule has 0 saturated carbocycles. The van der Waals surface area contributed by atoms with E-state index in [-0.39, 0.29) is 18.1 Å². The standard InChI is InChI=1S/C24H24O8/c1-13(27)31-20-6-5-15(8-21(20)29-3)24-18-10-23(32-14(2)28)22(30-4)9-16(18)7-17(11-25)19(24)12-26/h5-11,19,24,26H,12H2,1-4H3/t19-,24-/m0/s1. The van der Waals surface area contributed by atoms with Crippen molar-refractivity contribution in [1.82, 2.24) is 0 Å². The lowest BCUT2D eigenvalue weighted by Gasteiger charge is -2.33. The van der Waals surface area contributed by atoms with Gasteiger partial charge in [0.25, 0.3) is 0 Å². The van der Waals surface area contributed by atoms with Gasteiger partial charge in [0.1, 0.15) is 6.29 Å². The van der Waals surface area contributed by atoms with Gasteiger partial charge in [0.05, 0.1) is 20.8 Å². The maximum atomic E-state index is 11.8. The molecule has 1 N–H and O–H groups in total. The summed E-state index contributed by atoms with van der Waals surface area (Å²) in [6.07, 6.45) is 2.40. The van der Waals surface area contributed by atoms with E-state index in [9.17, 15) is 19.5 Å². The third kappa shape index (κ3) is 4.50. The number of methoxy groups -OCH3 is 2. The molecular formula is C24H24O8. The number of carbonyl (C=O) groups excluding carboxylic acids is 3. The van der Waals surface area contributed by atoms with Gasteiger partial charge in [-0.1, -0.05) is 6.07 Å². The van der Waals surface area contributed by atoms with E-state index in [0.717, 1.165) is 5.56 Å². The molecule has 0 spiro atoms.